The SMILES string of the molecule is Cc1noc(C)c1-c1cc2c(ccn2C)nc1C(C)Nc1nc(N)nc(N)c1C#N. The summed E-state index contributed by atoms with van der Waals surface area (Å²) < 4.78 is 7.40. The molecule has 10 heteroatoms. The molecule has 0 radical (unpaired) electrons. The highest BCUT2D eigenvalue weighted by atomic mass is 16.5. The van der Waals surface area contributed by atoms with Crippen LogP contribution >= 0.6 is 0 Å². The van der Waals surface area contributed by atoms with Crippen molar-refractivity contribution in [2.75, 3.05) is 16.8 Å². The molecular weight excluding hydrogens is 382 g/mol. The van der Waals surface area contributed by atoms with Gasteiger partial charge in [0, 0.05) is 24.4 Å². The van der Waals surface area contributed by atoms with Crippen LogP contribution in [0.2, 0.25) is 0 Å². The second-order valence-corrected chi connectivity index (χ2v) is 7.12. The molecule has 4 aromatic rings. The van der Waals surface area contributed by atoms with Crippen molar-refractivity contribution < 1.29 is 4.52 Å². The average Bonchev–Trinajstić information content (AvgIpc) is 3.22. The molecule has 0 aliphatic carbocycles. The monoisotopic (exact) mass is 403 g/mol. The third-order valence-electron chi connectivity index (χ3n) is 5.03. The van der Waals surface area contributed by atoms with E-state index in [4.69, 9.17) is 21.0 Å². The number of nitrogens with zero attached hydrogens (tertiary/aromatic N) is 6. The fraction of sp³-hybridized carbons (Fsp3) is 0.250. The van der Waals surface area contributed by atoms with Gasteiger partial charge in [-0.3, -0.25) is 0 Å². The Morgan fingerprint density at radius 1 is 1.23 bits per heavy atom. The maximum atomic E-state index is 9.47. The van der Waals surface area contributed by atoms with Crippen LogP contribution in [0.25, 0.3) is 22.2 Å². The third-order valence-corrected chi connectivity index (χ3v) is 5.03. The van der Waals surface area contributed by atoms with Crippen molar-refractivity contribution in [3.63, 3.8) is 0 Å². The molecule has 1 unspecified atom stereocenters. The van der Waals surface area contributed by atoms with Crippen molar-refractivity contribution in [3.8, 4) is 17.2 Å². The molecule has 0 bridgehead atoms. The van der Waals surface area contributed by atoms with E-state index in [0.717, 1.165) is 33.5 Å². The van der Waals surface area contributed by atoms with Crippen LogP contribution < -0.4 is 16.8 Å². The number of nitrogens with one attached hydrogen (secondary N) is 1. The minimum atomic E-state index is -0.334. The summed E-state index contributed by atoms with van der Waals surface area (Å²) in [5.41, 5.74) is 16.8. The van der Waals surface area contributed by atoms with Gasteiger partial charge in [0.2, 0.25) is 5.95 Å². The summed E-state index contributed by atoms with van der Waals surface area (Å²) in [4.78, 5) is 12.9. The molecule has 0 aliphatic rings. The molecule has 4 heterocycles. The van der Waals surface area contributed by atoms with E-state index in [-0.39, 0.29) is 29.2 Å². The lowest BCUT2D eigenvalue weighted by Crippen LogP contribution is -2.15. The molecule has 4 aromatic heterocycles. The van der Waals surface area contributed by atoms with Gasteiger partial charge in [0.1, 0.15) is 23.2 Å². The standard InChI is InChI=1S/C20H21N9O/c1-9-16(11(3)30-28-9)12-7-15-14(5-6-29(15)4)25-17(12)10(2)24-19-13(8-21)18(22)26-20(23)27-19/h5-7,10H,1-4H3,(H5,22,23,24,26,27). The second-order valence-electron chi connectivity index (χ2n) is 7.12. The zero-order valence-electron chi connectivity index (χ0n) is 17.1. The lowest BCUT2D eigenvalue weighted by Gasteiger charge is -2.19. The molecule has 0 saturated heterocycles. The predicted octanol–water partition coefficient (Wildman–Crippen LogP) is 2.84. The van der Waals surface area contributed by atoms with Gasteiger partial charge in [0.15, 0.2) is 5.82 Å². The number of rotatable bonds is 4. The van der Waals surface area contributed by atoms with Crippen LogP contribution in [0, 0.1) is 25.2 Å². The highest BCUT2D eigenvalue weighted by Crippen LogP contribution is 2.36. The van der Waals surface area contributed by atoms with Crippen molar-refractivity contribution in [2.45, 2.75) is 26.8 Å². The summed E-state index contributed by atoms with van der Waals surface area (Å²) >= 11 is 0. The minimum Gasteiger partial charge on any atom is -0.382 e. The topological polar surface area (TPSA) is 157 Å². The molecular formula is C20H21N9O. The third kappa shape index (κ3) is 3.06. The number of nitriles is 1. The summed E-state index contributed by atoms with van der Waals surface area (Å²) in [7, 11) is 1.97. The number of nitrogen functional groups attached to an aromatic ring is 2. The summed E-state index contributed by atoms with van der Waals surface area (Å²) in [6.07, 6.45) is 1.95. The molecule has 1 atom stereocenters. The van der Waals surface area contributed by atoms with Crippen LogP contribution in [0.3, 0.4) is 0 Å². The molecule has 152 valence electrons. The Hall–Kier alpha value is -4.13. The fourth-order valence-electron chi connectivity index (χ4n) is 3.58. The minimum absolute atomic E-state index is 0.0152. The number of aryl methyl sites for hydroxylation is 3. The number of fused-ring (bicyclic) bond motifs is 1. The quantitative estimate of drug-likeness (QED) is 0.466. The highest BCUT2D eigenvalue weighted by Gasteiger charge is 2.23. The van der Waals surface area contributed by atoms with E-state index in [1.54, 1.807) is 0 Å². The molecule has 0 spiro atoms. The van der Waals surface area contributed by atoms with Crippen LogP contribution in [-0.2, 0) is 7.05 Å². The van der Waals surface area contributed by atoms with E-state index in [1.807, 2.05) is 50.7 Å². The highest BCUT2D eigenvalue weighted by molar-refractivity contribution is 5.84. The van der Waals surface area contributed by atoms with Gasteiger partial charge in [-0.2, -0.15) is 15.2 Å². The Morgan fingerprint density at radius 2 is 2.00 bits per heavy atom. The van der Waals surface area contributed by atoms with Crippen molar-refractivity contribution in [3.05, 3.63) is 41.0 Å². The summed E-state index contributed by atoms with van der Waals surface area (Å²) in [5.74, 6) is 0.968. The van der Waals surface area contributed by atoms with Gasteiger partial charge in [-0.1, -0.05) is 5.16 Å². The number of aromatic nitrogens is 5. The predicted molar refractivity (Wildman–Crippen MR) is 113 cm³/mol. The Balaban J connectivity index is 1.88. The fourth-order valence-corrected chi connectivity index (χ4v) is 3.58. The van der Waals surface area contributed by atoms with Gasteiger partial charge in [-0.05, 0) is 32.9 Å². The van der Waals surface area contributed by atoms with E-state index >= 15 is 0 Å². The Bertz CT molecular complexity index is 1290. The first kappa shape index (κ1) is 19.2. The van der Waals surface area contributed by atoms with Gasteiger partial charge in [0.05, 0.1) is 28.5 Å². The lowest BCUT2D eigenvalue weighted by molar-refractivity contribution is 0.393. The zero-order valence-corrected chi connectivity index (χ0v) is 17.1. The Kier molecular flexibility index (Phi) is 4.50. The lowest BCUT2D eigenvalue weighted by atomic mass is 9.98. The second kappa shape index (κ2) is 7.04. The van der Waals surface area contributed by atoms with Gasteiger partial charge in [-0.15, -0.1) is 0 Å². The zero-order chi connectivity index (χ0) is 21.6. The van der Waals surface area contributed by atoms with E-state index in [0.29, 0.717) is 5.76 Å². The largest absolute Gasteiger partial charge is 0.382 e. The normalized spacial score (nSPS) is 12.1. The maximum Gasteiger partial charge on any atom is 0.224 e. The molecule has 30 heavy (non-hydrogen) atoms. The Morgan fingerprint density at radius 3 is 2.67 bits per heavy atom. The van der Waals surface area contributed by atoms with Crippen molar-refractivity contribution in [1.29, 1.82) is 5.26 Å². The summed E-state index contributed by atoms with van der Waals surface area (Å²) in [5, 5.41) is 16.8. The van der Waals surface area contributed by atoms with E-state index in [1.165, 1.54) is 0 Å². The van der Waals surface area contributed by atoms with Crippen LogP contribution in [-0.4, -0.2) is 24.7 Å². The number of anilines is 3. The molecule has 10 nitrogen and oxygen atoms in total. The van der Waals surface area contributed by atoms with E-state index < -0.39 is 0 Å². The molecule has 0 amide bonds. The maximum absolute atomic E-state index is 9.47. The van der Waals surface area contributed by atoms with Crippen molar-refractivity contribution in [2.24, 2.45) is 7.05 Å². The van der Waals surface area contributed by atoms with Crippen molar-refractivity contribution in [1.82, 2.24) is 24.7 Å². The number of hydrogen-bond acceptors (Lipinski definition) is 9. The molecule has 0 fully saturated rings. The molecule has 0 saturated carbocycles. The van der Waals surface area contributed by atoms with Gasteiger partial charge in [-0.25, -0.2) is 4.98 Å². The molecule has 4 rings (SSSR count). The molecule has 5 N–H and O–H groups in total. The number of nitrogens with two attached hydrogens (primary N) is 2. The molecule has 0 aromatic carbocycles. The Labute approximate surface area is 172 Å². The van der Waals surface area contributed by atoms with Gasteiger partial charge in [0.25, 0.3) is 0 Å². The first-order chi connectivity index (χ1) is 14.3. The first-order valence-corrected chi connectivity index (χ1v) is 9.29. The summed E-state index contributed by atoms with van der Waals surface area (Å²) in [6, 6.07) is 5.70. The van der Waals surface area contributed by atoms with Gasteiger partial charge < -0.3 is 25.9 Å². The van der Waals surface area contributed by atoms with Crippen LogP contribution in [0.15, 0.2) is 22.9 Å². The summed E-state index contributed by atoms with van der Waals surface area (Å²) in [6.45, 7) is 5.68. The molecule has 0 aliphatic heterocycles. The van der Waals surface area contributed by atoms with Crippen LogP contribution in [0.4, 0.5) is 17.6 Å². The number of hydrogen-bond donors (Lipinski definition) is 3. The van der Waals surface area contributed by atoms with E-state index in [2.05, 4.69) is 26.5 Å². The van der Waals surface area contributed by atoms with E-state index in [9.17, 15) is 5.26 Å². The first-order valence-electron chi connectivity index (χ1n) is 9.29. The van der Waals surface area contributed by atoms with Gasteiger partial charge >= 0.3 is 0 Å². The van der Waals surface area contributed by atoms with Crippen LogP contribution in [0.1, 0.15) is 35.7 Å². The smallest absolute Gasteiger partial charge is 0.224 e. The van der Waals surface area contributed by atoms with Crippen LogP contribution in [0.5, 0.6) is 0 Å². The van der Waals surface area contributed by atoms with Crippen molar-refractivity contribution >= 4 is 28.6 Å². The average molecular weight is 403 g/mol. The number of pyridine rings is 1.